The molecule has 1 aliphatic heterocycles. The van der Waals surface area contributed by atoms with Gasteiger partial charge in [0, 0.05) is 31.2 Å². The summed E-state index contributed by atoms with van der Waals surface area (Å²) in [4.78, 5) is 2.70. The van der Waals surface area contributed by atoms with Crippen molar-refractivity contribution >= 4 is 0 Å². The average molecular weight is 182 g/mol. The predicted molar refractivity (Wildman–Crippen MR) is 55.9 cm³/mol. The van der Waals surface area contributed by atoms with E-state index in [0.29, 0.717) is 5.54 Å². The Hall–Kier alpha value is -0.0800. The van der Waals surface area contributed by atoms with Crippen LogP contribution in [0.25, 0.3) is 0 Å². The SMILES string of the molecule is CCCC1CN(C2(C)CC2)CCN1. The summed E-state index contributed by atoms with van der Waals surface area (Å²) in [6.07, 6.45) is 5.49. The summed E-state index contributed by atoms with van der Waals surface area (Å²) >= 11 is 0. The third kappa shape index (κ3) is 2.05. The smallest absolute Gasteiger partial charge is 0.0195 e. The van der Waals surface area contributed by atoms with Crippen LogP contribution in [0.3, 0.4) is 0 Å². The van der Waals surface area contributed by atoms with Crippen molar-refractivity contribution in [1.29, 1.82) is 0 Å². The minimum atomic E-state index is 0.591. The van der Waals surface area contributed by atoms with Crippen LogP contribution in [0.2, 0.25) is 0 Å². The minimum absolute atomic E-state index is 0.591. The van der Waals surface area contributed by atoms with Crippen molar-refractivity contribution in [2.24, 2.45) is 0 Å². The summed E-state index contributed by atoms with van der Waals surface area (Å²) in [5, 5.41) is 3.61. The first-order chi connectivity index (χ1) is 6.24. The van der Waals surface area contributed by atoms with Gasteiger partial charge < -0.3 is 5.32 Å². The van der Waals surface area contributed by atoms with Gasteiger partial charge in [0.25, 0.3) is 0 Å². The molecular weight excluding hydrogens is 160 g/mol. The number of rotatable bonds is 3. The van der Waals surface area contributed by atoms with Crippen LogP contribution < -0.4 is 5.32 Å². The Morgan fingerprint density at radius 3 is 2.85 bits per heavy atom. The number of hydrogen-bond donors (Lipinski definition) is 1. The average Bonchev–Trinajstić information content (AvgIpc) is 2.86. The largest absolute Gasteiger partial charge is 0.311 e. The molecular formula is C11H22N2. The topological polar surface area (TPSA) is 15.3 Å². The van der Waals surface area contributed by atoms with Gasteiger partial charge in [0.15, 0.2) is 0 Å². The van der Waals surface area contributed by atoms with Crippen molar-refractivity contribution in [1.82, 2.24) is 10.2 Å². The molecule has 1 saturated carbocycles. The summed E-state index contributed by atoms with van der Waals surface area (Å²) in [6.45, 7) is 8.43. The molecule has 0 amide bonds. The van der Waals surface area contributed by atoms with Crippen LogP contribution in [0.15, 0.2) is 0 Å². The van der Waals surface area contributed by atoms with Gasteiger partial charge in [0.05, 0.1) is 0 Å². The fraction of sp³-hybridized carbons (Fsp3) is 1.00. The molecule has 1 aliphatic carbocycles. The maximum Gasteiger partial charge on any atom is 0.0195 e. The molecule has 1 heterocycles. The zero-order chi connectivity index (χ0) is 9.31. The van der Waals surface area contributed by atoms with Crippen molar-refractivity contribution in [3.05, 3.63) is 0 Å². The molecule has 0 spiro atoms. The summed E-state index contributed by atoms with van der Waals surface area (Å²) in [5.74, 6) is 0. The van der Waals surface area contributed by atoms with E-state index in [0.717, 1.165) is 6.04 Å². The molecule has 1 unspecified atom stereocenters. The van der Waals surface area contributed by atoms with Gasteiger partial charge in [-0.05, 0) is 26.2 Å². The second-order valence-corrected chi connectivity index (χ2v) is 4.88. The molecule has 0 bridgehead atoms. The molecule has 0 aromatic carbocycles. The van der Waals surface area contributed by atoms with Gasteiger partial charge in [0.1, 0.15) is 0 Å². The summed E-state index contributed by atoms with van der Waals surface area (Å²) in [6, 6.07) is 0.760. The zero-order valence-corrected chi connectivity index (χ0v) is 8.97. The molecule has 0 aromatic rings. The summed E-state index contributed by atoms with van der Waals surface area (Å²) < 4.78 is 0. The number of nitrogens with one attached hydrogen (secondary N) is 1. The molecule has 0 aromatic heterocycles. The molecule has 13 heavy (non-hydrogen) atoms. The van der Waals surface area contributed by atoms with E-state index in [-0.39, 0.29) is 0 Å². The monoisotopic (exact) mass is 182 g/mol. The Kier molecular flexibility index (Phi) is 2.61. The molecule has 2 aliphatic rings. The van der Waals surface area contributed by atoms with Crippen LogP contribution >= 0.6 is 0 Å². The molecule has 2 rings (SSSR count). The highest BCUT2D eigenvalue weighted by molar-refractivity contribution is 5.01. The van der Waals surface area contributed by atoms with Crippen LogP contribution in [-0.2, 0) is 0 Å². The van der Waals surface area contributed by atoms with Gasteiger partial charge >= 0.3 is 0 Å². The fourth-order valence-electron chi connectivity index (χ4n) is 2.35. The van der Waals surface area contributed by atoms with Crippen molar-refractivity contribution in [2.45, 2.75) is 51.1 Å². The third-order valence-corrected chi connectivity index (χ3v) is 3.63. The first-order valence-electron chi connectivity index (χ1n) is 5.73. The van der Waals surface area contributed by atoms with Crippen LogP contribution in [0.4, 0.5) is 0 Å². The van der Waals surface area contributed by atoms with Gasteiger partial charge in [-0.25, -0.2) is 0 Å². The highest BCUT2D eigenvalue weighted by atomic mass is 15.3. The Bertz CT molecular complexity index is 173. The summed E-state index contributed by atoms with van der Waals surface area (Å²) in [5.41, 5.74) is 0.591. The minimum Gasteiger partial charge on any atom is -0.311 e. The van der Waals surface area contributed by atoms with E-state index < -0.39 is 0 Å². The quantitative estimate of drug-likeness (QED) is 0.713. The maximum atomic E-state index is 3.61. The molecule has 76 valence electrons. The molecule has 1 atom stereocenters. The van der Waals surface area contributed by atoms with E-state index >= 15 is 0 Å². The lowest BCUT2D eigenvalue weighted by Gasteiger charge is -2.37. The van der Waals surface area contributed by atoms with Crippen LogP contribution in [-0.4, -0.2) is 36.1 Å². The normalized spacial score (nSPS) is 33.2. The molecule has 2 heteroatoms. The number of hydrogen-bond acceptors (Lipinski definition) is 2. The molecule has 1 saturated heterocycles. The Morgan fingerprint density at radius 2 is 2.23 bits per heavy atom. The lowest BCUT2D eigenvalue weighted by molar-refractivity contribution is 0.134. The van der Waals surface area contributed by atoms with E-state index in [9.17, 15) is 0 Å². The Labute approximate surface area is 81.7 Å². The van der Waals surface area contributed by atoms with Gasteiger partial charge in [-0.2, -0.15) is 0 Å². The predicted octanol–water partition coefficient (Wildman–Crippen LogP) is 1.61. The number of piperazine rings is 1. The highest BCUT2D eigenvalue weighted by Crippen LogP contribution is 2.41. The molecule has 2 nitrogen and oxygen atoms in total. The van der Waals surface area contributed by atoms with Crippen molar-refractivity contribution in [3.63, 3.8) is 0 Å². The first kappa shape index (κ1) is 9.47. The van der Waals surface area contributed by atoms with Crippen molar-refractivity contribution in [3.8, 4) is 0 Å². The van der Waals surface area contributed by atoms with Gasteiger partial charge in [0.2, 0.25) is 0 Å². The van der Waals surface area contributed by atoms with E-state index in [1.807, 2.05) is 0 Å². The first-order valence-corrected chi connectivity index (χ1v) is 5.73. The fourth-order valence-corrected chi connectivity index (χ4v) is 2.35. The maximum absolute atomic E-state index is 3.61. The standard InChI is InChI=1S/C11H22N2/c1-3-4-10-9-13(8-7-12-10)11(2)5-6-11/h10,12H,3-9H2,1-2H3. The van der Waals surface area contributed by atoms with Crippen LogP contribution in [0.5, 0.6) is 0 Å². The van der Waals surface area contributed by atoms with Crippen molar-refractivity contribution < 1.29 is 0 Å². The van der Waals surface area contributed by atoms with E-state index in [4.69, 9.17) is 0 Å². The molecule has 2 fully saturated rings. The second kappa shape index (κ2) is 3.58. The lowest BCUT2D eigenvalue weighted by atomic mass is 10.1. The Balaban J connectivity index is 1.85. The van der Waals surface area contributed by atoms with Crippen LogP contribution in [0, 0.1) is 0 Å². The van der Waals surface area contributed by atoms with E-state index in [1.165, 1.54) is 45.3 Å². The zero-order valence-electron chi connectivity index (χ0n) is 8.97. The summed E-state index contributed by atoms with van der Waals surface area (Å²) in [7, 11) is 0. The van der Waals surface area contributed by atoms with Crippen molar-refractivity contribution in [2.75, 3.05) is 19.6 Å². The van der Waals surface area contributed by atoms with E-state index in [1.54, 1.807) is 0 Å². The lowest BCUT2D eigenvalue weighted by Crippen LogP contribution is -2.54. The second-order valence-electron chi connectivity index (χ2n) is 4.88. The van der Waals surface area contributed by atoms with E-state index in [2.05, 4.69) is 24.1 Å². The number of nitrogens with zero attached hydrogens (tertiary/aromatic N) is 1. The molecule has 1 N–H and O–H groups in total. The van der Waals surface area contributed by atoms with Gasteiger partial charge in [-0.3, -0.25) is 4.90 Å². The van der Waals surface area contributed by atoms with Gasteiger partial charge in [-0.15, -0.1) is 0 Å². The highest BCUT2D eigenvalue weighted by Gasteiger charge is 2.44. The molecule has 0 radical (unpaired) electrons. The van der Waals surface area contributed by atoms with Gasteiger partial charge in [-0.1, -0.05) is 13.3 Å². The van der Waals surface area contributed by atoms with Crippen LogP contribution in [0.1, 0.15) is 39.5 Å². The third-order valence-electron chi connectivity index (χ3n) is 3.63. The Morgan fingerprint density at radius 1 is 1.46 bits per heavy atom.